The summed E-state index contributed by atoms with van der Waals surface area (Å²) in [4.78, 5) is 27.0. The lowest BCUT2D eigenvalue weighted by atomic mass is 10.1. The van der Waals surface area contributed by atoms with Gasteiger partial charge in [0.05, 0.1) is 12.1 Å². The van der Waals surface area contributed by atoms with E-state index >= 15 is 0 Å². The Kier molecular flexibility index (Phi) is 9.27. The van der Waals surface area contributed by atoms with Crippen molar-refractivity contribution in [2.45, 2.75) is 32.9 Å². The summed E-state index contributed by atoms with van der Waals surface area (Å²) in [5.74, 6) is 0.507. The molecule has 0 aliphatic heterocycles. The third kappa shape index (κ3) is 6.82. The molecule has 1 unspecified atom stereocenters. The number of benzene rings is 2. The monoisotopic (exact) mass is 452 g/mol. The Labute approximate surface area is 187 Å². The highest BCUT2D eigenvalue weighted by Gasteiger charge is 2.26. The van der Waals surface area contributed by atoms with Crippen LogP contribution in [0.2, 0.25) is 10.0 Å². The fourth-order valence-electron chi connectivity index (χ4n) is 2.72. The van der Waals surface area contributed by atoms with Crippen molar-refractivity contribution in [3.8, 4) is 11.5 Å². The number of halogens is 2. The number of hydrogen-bond acceptors (Lipinski definition) is 4. The van der Waals surface area contributed by atoms with E-state index in [0.29, 0.717) is 28.1 Å². The molecule has 0 bridgehead atoms. The van der Waals surface area contributed by atoms with Gasteiger partial charge in [0.2, 0.25) is 5.91 Å². The van der Waals surface area contributed by atoms with E-state index in [0.717, 1.165) is 12.0 Å². The fraction of sp³-hybridized carbons (Fsp3) is 0.364. The Bertz CT molecular complexity index is 859. The van der Waals surface area contributed by atoms with Crippen molar-refractivity contribution in [2.75, 3.05) is 20.3 Å². The molecule has 1 atom stereocenters. The van der Waals surface area contributed by atoms with Gasteiger partial charge in [-0.1, -0.05) is 42.3 Å². The van der Waals surface area contributed by atoms with Crippen molar-refractivity contribution in [3.63, 3.8) is 0 Å². The molecule has 0 saturated carbocycles. The largest absolute Gasteiger partial charge is 0.497 e. The van der Waals surface area contributed by atoms with Crippen LogP contribution in [0.1, 0.15) is 25.8 Å². The van der Waals surface area contributed by atoms with Crippen molar-refractivity contribution >= 4 is 35.0 Å². The van der Waals surface area contributed by atoms with E-state index < -0.39 is 6.04 Å². The first kappa shape index (κ1) is 23.8. The molecule has 0 heterocycles. The Hall–Kier alpha value is -2.44. The van der Waals surface area contributed by atoms with Crippen LogP contribution in [0.4, 0.5) is 0 Å². The zero-order valence-corrected chi connectivity index (χ0v) is 18.8. The highest BCUT2D eigenvalue weighted by Crippen LogP contribution is 2.27. The van der Waals surface area contributed by atoms with Gasteiger partial charge < -0.3 is 19.7 Å². The predicted molar refractivity (Wildman–Crippen MR) is 118 cm³/mol. The van der Waals surface area contributed by atoms with E-state index in [4.69, 9.17) is 32.7 Å². The molecular formula is C22H26Cl2N2O4. The molecule has 2 aromatic rings. The number of amides is 2. The van der Waals surface area contributed by atoms with E-state index in [1.165, 1.54) is 4.90 Å². The summed E-state index contributed by atoms with van der Waals surface area (Å²) in [7, 11) is 1.59. The average Bonchev–Trinajstić information content (AvgIpc) is 2.74. The maximum atomic E-state index is 13.0. The first-order valence-electron chi connectivity index (χ1n) is 9.63. The molecule has 0 aromatic heterocycles. The number of rotatable bonds is 10. The first-order chi connectivity index (χ1) is 14.3. The molecule has 6 nitrogen and oxygen atoms in total. The van der Waals surface area contributed by atoms with Crippen LogP contribution in [0.15, 0.2) is 42.5 Å². The van der Waals surface area contributed by atoms with Crippen molar-refractivity contribution in [3.05, 3.63) is 58.1 Å². The highest BCUT2D eigenvalue weighted by atomic mass is 35.5. The van der Waals surface area contributed by atoms with Gasteiger partial charge in [-0.05, 0) is 49.2 Å². The van der Waals surface area contributed by atoms with E-state index in [1.54, 1.807) is 32.2 Å². The lowest BCUT2D eigenvalue weighted by Gasteiger charge is -2.28. The van der Waals surface area contributed by atoms with Crippen LogP contribution in [0.25, 0.3) is 0 Å². The van der Waals surface area contributed by atoms with Crippen LogP contribution in [0.3, 0.4) is 0 Å². The summed E-state index contributed by atoms with van der Waals surface area (Å²) in [5.41, 5.74) is 0.865. The van der Waals surface area contributed by atoms with E-state index in [9.17, 15) is 9.59 Å². The van der Waals surface area contributed by atoms with Crippen molar-refractivity contribution in [1.29, 1.82) is 0 Å². The predicted octanol–water partition coefficient (Wildman–Crippen LogP) is 4.32. The van der Waals surface area contributed by atoms with Gasteiger partial charge in [-0.15, -0.1) is 0 Å². The van der Waals surface area contributed by atoms with Gasteiger partial charge >= 0.3 is 0 Å². The maximum absolute atomic E-state index is 13.0. The molecule has 0 radical (unpaired) electrons. The maximum Gasteiger partial charge on any atom is 0.261 e. The number of hydrogen-bond donors (Lipinski definition) is 1. The van der Waals surface area contributed by atoms with E-state index in [1.807, 2.05) is 31.2 Å². The minimum absolute atomic E-state index is 0.219. The minimum Gasteiger partial charge on any atom is -0.497 e. The molecule has 0 aliphatic rings. The molecule has 162 valence electrons. The Morgan fingerprint density at radius 3 is 2.43 bits per heavy atom. The summed E-state index contributed by atoms with van der Waals surface area (Å²) in [6.45, 7) is 4.20. The summed E-state index contributed by atoms with van der Waals surface area (Å²) < 4.78 is 10.8. The molecule has 0 fully saturated rings. The van der Waals surface area contributed by atoms with Crippen LogP contribution < -0.4 is 14.8 Å². The molecule has 1 N–H and O–H groups in total. The third-order valence-electron chi connectivity index (χ3n) is 4.47. The summed E-state index contributed by atoms with van der Waals surface area (Å²) >= 11 is 12.0. The topological polar surface area (TPSA) is 67.9 Å². The van der Waals surface area contributed by atoms with Gasteiger partial charge in [-0.3, -0.25) is 9.59 Å². The summed E-state index contributed by atoms with van der Waals surface area (Å²) in [5, 5.41) is 3.62. The number of methoxy groups -OCH3 is 1. The number of nitrogens with zero attached hydrogens (tertiary/aromatic N) is 1. The summed E-state index contributed by atoms with van der Waals surface area (Å²) in [6, 6.07) is 11.4. The van der Waals surface area contributed by atoms with Crippen molar-refractivity contribution < 1.29 is 19.1 Å². The van der Waals surface area contributed by atoms with Crippen molar-refractivity contribution in [2.24, 2.45) is 0 Å². The lowest BCUT2D eigenvalue weighted by Crippen LogP contribution is -2.49. The van der Waals surface area contributed by atoms with Gasteiger partial charge in [0.15, 0.2) is 6.61 Å². The van der Waals surface area contributed by atoms with Crippen LogP contribution in [0.5, 0.6) is 11.5 Å². The first-order valence-corrected chi connectivity index (χ1v) is 10.4. The molecule has 2 aromatic carbocycles. The van der Waals surface area contributed by atoms with Gasteiger partial charge in [0.25, 0.3) is 5.91 Å². The van der Waals surface area contributed by atoms with Crippen LogP contribution in [-0.2, 0) is 16.1 Å². The van der Waals surface area contributed by atoms with Crippen LogP contribution >= 0.6 is 23.2 Å². The average molecular weight is 453 g/mol. The number of nitrogens with one attached hydrogen (secondary N) is 1. The molecule has 2 rings (SSSR count). The van der Waals surface area contributed by atoms with Gasteiger partial charge in [0, 0.05) is 18.1 Å². The normalized spacial score (nSPS) is 11.5. The molecule has 0 saturated heterocycles. The highest BCUT2D eigenvalue weighted by molar-refractivity contribution is 6.35. The van der Waals surface area contributed by atoms with E-state index in [2.05, 4.69) is 5.32 Å². The minimum atomic E-state index is -0.671. The Morgan fingerprint density at radius 1 is 1.13 bits per heavy atom. The zero-order valence-electron chi connectivity index (χ0n) is 17.3. The third-order valence-corrected chi connectivity index (χ3v) is 5.00. The number of carbonyl (C=O) groups is 2. The van der Waals surface area contributed by atoms with Gasteiger partial charge in [-0.2, -0.15) is 0 Å². The zero-order chi connectivity index (χ0) is 22.1. The molecule has 0 spiro atoms. The van der Waals surface area contributed by atoms with Crippen LogP contribution in [0, 0.1) is 0 Å². The second-order valence-corrected chi connectivity index (χ2v) is 7.54. The van der Waals surface area contributed by atoms with Crippen LogP contribution in [-0.4, -0.2) is 43.0 Å². The molecular weight excluding hydrogens is 427 g/mol. The molecule has 8 heteroatoms. The molecule has 0 aliphatic carbocycles. The quantitative estimate of drug-likeness (QED) is 0.582. The molecule has 2 amide bonds. The van der Waals surface area contributed by atoms with Crippen molar-refractivity contribution in [1.82, 2.24) is 10.2 Å². The Morgan fingerprint density at radius 2 is 1.83 bits per heavy atom. The standard InChI is InChI=1S/C22H26Cl2N2O4/c1-4-11-25-22(28)15(2)26(13-16-5-8-18(29-3)9-6-16)21(27)14-30-20-10-7-17(23)12-19(20)24/h5-10,12,15H,4,11,13-14H2,1-3H3,(H,25,28). The number of ether oxygens (including phenoxy) is 2. The lowest BCUT2D eigenvalue weighted by molar-refractivity contribution is -0.142. The van der Waals surface area contributed by atoms with Gasteiger partial charge in [0.1, 0.15) is 17.5 Å². The van der Waals surface area contributed by atoms with Gasteiger partial charge in [-0.25, -0.2) is 0 Å². The Balaban J connectivity index is 2.15. The SMILES string of the molecule is CCCNC(=O)C(C)N(Cc1ccc(OC)cc1)C(=O)COc1ccc(Cl)cc1Cl. The second-order valence-electron chi connectivity index (χ2n) is 6.70. The molecule has 30 heavy (non-hydrogen) atoms. The second kappa shape index (κ2) is 11.7. The number of carbonyl (C=O) groups excluding carboxylic acids is 2. The van der Waals surface area contributed by atoms with E-state index in [-0.39, 0.29) is 25.0 Å². The fourth-order valence-corrected chi connectivity index (χ4v) is 3.18. The summed E-state index contributed by atoms with van der Waals surface area (Å²) in [6.07, 6.45) is 0.809. The smallest absolute Gasteiger partial charge is 0.261 e.